The molecule has 1 nitrogen and oxygen atoms in total. The van der Waals surface area contributed by atoms with E-state index < -0.39 is 0 Å². The molecule has 0 saturated heterocycles. The van der Waals surface area contributed by atoms with Crippen LogP contribution < -0.4 is 0 Å². The summed E-state index contributed by atoms with van der Waals surface area (Å²) >= 11 is 0. The highest BCUT2D eigenvalue weighted by molar-refractivity contribution is 5.66. The first-order valence-corrected chi connectivity index (χ1v) is 5.13. The first kappa shape index (κ1) is 9.91. The third-order valence-corrected chi connectivity index (χ3v) is 2.56. The van der Waals surface area contributed by atoms with Gasteiger partial charge >= 0.3 is 12.0 Å². The fraction of sp³-hybridized carbons (Fsp3) is 0.214. The zero-order valence-corrected chi connectivity index (χ0v) is 9.37. The number of aryl methyl sites for hydroxylation is 3. The smallest absolute Gasteiger partial charge is 0.216 e. The van der Waals surface area contributed by atoms with Gasteiger partial charge in [-0.25, -0.2) is 4.42 Å². The molecule has 0 radical (unpaired) electrons. The zero-order chi connectivity index (χ0) is 10.8. The Morgan fingerprint density at radius 2 is 1.60 bits per heavy atom. The highest BCUT2D eigenvalue weighted by Gasteiger charge is 2.15. The third-order valence-electron chi connectivity index (χ3n) is 2.56. The van der Waals surface area contributed by atoms with E-state index >= 15 is 0 Å². The minimum atomic E-state index is 0.938. The maximum absolute atomic E-state index is 5.51. The molecule has 1 heterocycles. The topological polar surface area (TPSA) is 11.3 Å². The first-order valence-electron chi connectivity index (χ1n) is 5.13. The normalized spacial score (nSPS) is 10.3. The van der Waals surface area contributed by atoms with Crippen LogP contribution in [0.1, 0.15) is 16.7 Å². The molecule has 2 rings (SSSR count). The van der Waals surface area contributed by atoms with Crippen molar-refractivity contribution in [3.8, 4) is 11.3 Å². The second-order valence-electron chi connectivity index (χ2n) is 3.94. The first-order chi connectivity index (χ1) is 7.18. The Morgan fingerprint density at radius 3 is 2.13 bits per heavy atom. The van der Waals surface area contributed by atoms with Crippen molar-refractivity contribution in [3.63, 3.8) is 0 Å². The van der Waals surface area contributed by atoms with Gasteiger partial charge in [0.2, 0.25) is 0 Å². The van der Waals surface area contributed by atoms with Crippen LogP contribution in [0.5, 0.6) is 0 Å². The summed E-state index contributed by atoms with van der Waals surface area (Å²) in [5, 5.41) is 0. The van der Waals surface area contributed by atoms with Gasteiger partial charge in [-0.05, 0) is 38.0 Å². The summed E-state index contributed by atoms with van der Waals surface area (Å²) in [6.07, 6.45) is 1.72. The quantitative estimate of drug-likeness (QED) is 0.628. The Labute approximate surface area is 90.4 Å². The van der Waals surface area contributed by atoms with Gasteiger partial charge in [-0.2, -0.15) is 0 Å². The van der Waals surface area contributed by atoms with Crippen LogP contribution in [-0.4, -0.2) is 0 Å². The molecule has 1 heteroatoms. The highest BCUT2D eigenvalue weighted by atomic mass is 16.3. The molecule has 76 valence electrons. The highest BCUT2D eigenvalue weighted by Crippen LogP contribution is 2.27. The van der Waals surface area contributed by atoms with Crippen molar-refractivity contribution in [3.05, 3.63) is 53.3 Å². The molecule has 0 aliphatic rings. The molecule has 0 spiro atoms. The van der Waals surface area contributed by atoms with E-state index in [1.807, 2.05) is 18.2 Å². The minimum absolute atomic E-state index is 0.938. The van der Waals surface area contributed by atoms with E-state index in [2.05, 4.69) is 32.9 Å². The predicted molar refractivity (Wildman–Crippen MR) is 62.8 cm³/mol. The summed E-state index contributed by atoms with van der Waals surface area (Å²) in [6.45, 7) is 6.36. The average molecular weight is 199 g/mol. The van der Waals surface area contributed by atoms with Gasteiger partial charge in [0.05, 0.1) is 5.56 Å². The summed E-state index contributed by atoms with van der Waals surface area (Å²) in [6, 6.07) is 10.3. The van der Waals surface area contributed by atoms with Gasteiger partial charge in [-0.15, -0.1) is 0 Å². The fourth-order valence-corrected chi connectivity index (χ4v) is 2.05. The Morgan fingerprint density at radius 1 is 0.933 bits per heavy atom. The maximum atomic E-state index is 5.51. The van der Waals surface area contributed by atoms with E-state index in [9.17, 15) is 0 Å². The Hall–Kier alpha value is -1.63. The van der Waals surface area contributed by atoms with Crippen LogP contribution in [0.25, 0.3) is 11.3 Å². The van der Waals surface area contributed by atoms with Crippen LogP contribution in [0.3, 0.4) is 0 Å². The van der Waals surface area contributed by atoms with Crippen molar-refractivity contribution in [2.45, 2.75) is 20.8 Å². The molecule has 0 N–H and O–H groups in total. The lowest BCUT2D eigenvalue weighted by Gasteiger charge is -2.04. The molecule has 1 aromatic carbocycles. The van der Waals surface area contributed by atoms with Gasteiger partial charge in [0.25, 0.3) is 0 Å². The molecule has 0 saturated carbocycles. The van der Waals surface area contributed by atoms with Gasteiger partial charge < -0.3 is 0 Å². The molecule has 0 bridgehead atoms. The molecular weight excluding hydrogens is 184 g/mol. The Balaban J connectivity index is 2.64. The van der Waals surface area contributed by atoms with Gasteiger partial charge in [-0.1, -0.05) is 17.7 Å². The second kappa shape index (κ2) is 3.85. The van der Waals surface area contributed by atoms with Crippen LogP contribution in [-0.2, 0) is 0 Å². The van der Waals surface area contributed by atoms with E-state index in [4.69, 9.17) is 4.42 Å². The number of benzene rings is 1. The Kier molecular flexibility index (Phi) is 2.55. The number of hydrogen-bond donors (Lipinski definition) is 0. The molecule has 0 amide bonds. The van der Waals surface area contributed by atoms with Crippen LogP contribution in [0.4, 0.5) is 0 Å². The van der Waals surface area contributed by atoms with Crippen molar-refractivity contribution in [1.82, 2.24) is 0 Å². The lowest BCUT2D eigenvalue weighted by molar-refractivity contribution is 0.565. The van der Waals surface area contributed by atoms with E-state index in [1.165, 1.54) is 22.3 Å². The van der Waals surface area contributed by atoms with Crippen LogP contribution in [0.15, 0.2) is 41.0 Å². The molecule has 0 atom stereocenters. The lowest BCUT2D eigenvalue weighted by Crippen LogP contribution is -1.89. The van der Waals surface area contributed by atoms with E-state index in [0.29, 0.717) is 0 Å². The van der Waals surface area contributed by atoms with Gasteiger partial charge in [0.1, 0.15) is 0 Å². The van der Waals surface area contributed by atoms with Gasteiger partial charge in [0.15, 0.2) is 0 Å². The molecule has 15 heavy (non-hydrogen) atoms. The van der Waals surface area contributed by atoms with Crippen molar-refractivity contribution < 1.29 is 4.42 Å². The predicted octanol–water partition coefficient (Wildman–Crippen LogP) is 4.15. The molecule has 0 aliphatic carbocycles. The average Bonchev–Trinajstić information content (AvgIpc) is 2.17. The molecule has 0 aliphatic heterocycles. The third kappa shape index (κ3) is 1.91. The molecule has 1 aromatic heterocycles. The summed E-state index contributed by atoms with van der Waals surface area (Å²) in [7, 11) is 0. The van der Waals surface area contributed by atoms with Gasteiger partial charge in [-0.3, -0.25) is 0 Å². The van der Waals surface area contributed by atoms with Crippen molar-refractivity contribution in [2.75, 3.05) is 0 Å². The molecular formula is C14H15O+. The van der Waals surface area contributed by atoms with Crippen molar-refractivity contribution >= 4 is 0 Å². The van der Waals surface area contributed by atoms with Crippen molar-refractivity contribution in [2.24, 2.45) is 0 Å². The minimum Gasteiger partial charge on any atom is -0.216 e. The van der Waals surface area contributed by atoms with Crippen LogP contribution in [0.2, 0.25) is 0 Å². The maximum Gasteiger partial charge on any atom is 0.360 e. The standard InChI is InChI=1S/C14H15O/c1-10-8-11(2)14(12(3)9-10)13-6-4-5-7-15-13/h4-9H,1-3H3/q+1. The summed E-state index contributed by atoms with van der Waals surface area (Å²) < 4.78 is 5.51. The Bertz CT molecular complexity index is 449. The zero-order valence-electron chi connectivity index (χ0n) is 9.37. The largest absolute Gasteiger partial charge is 0.360 e. The second-order valence-corrected chi connectivity index (χ2v) is 3.94. The summed E-state index contributed by atoms with van der Waals surface area (Å²) in [5.41, 5.74) is 5.04. The number of hydrogen-bond acceptors (Lipinski definition) is 0. The SMILES string of the molecule is Cc1cc(C)c(-c2cccc[o+]2)c(C)c1. The van der Waals surface area contributed by atoms with E-state index in [0.717, 1.165) is 5.76 Å². The van der Waals surface area contributed by atoms with E-state index in [-0.39, 0.29) is 0 Å². The lowest BCUT2D eigenvalue weighted by atomic mass is 9.98. The van der Waals surface area contributed by atoms with Gasteiger partial charge in [0, 0.05) is 12.1 Å². The summed E-state index contributed by atoms with van der Waals surface area (Å²) in [5.74, 6) is 0.938. The monoisotopic (exact) mass is 199 g/mol. The summed E-state index contributed by atoms with van der Waals surface area (Å²) in [4.78, 5) is 0. The van der Waals surface area contributed by atoms with E-state index in [1.54, 1.807) is 6.26 Å². The number of rotatable bonds is 1. The molecule has 0 fully saturated rings. The van der Waals surface area contributed by atoms with Crippen LogP contribution >= 0.6 is 0 Å². The van der Waals surface area contributed by atoms with Crippen molar-refractivity contribution in [1.29, 1.82) is 0 Å². The molecule has 2 aromatic rings. The van der Waals surface area contributed by atoms with Crippen LogP contribution in [0, 0.1) is 20.8 Å². The fourth-order valence-electron chi connectivity index (χ4n) is 2.05. The molecule has 0 unspecified atom stereocenters.